The number of ether oxygens (including phenoxy) is 1. The summed E-state index contributed by atoms with van der Waals surface area (Å²) < 4.78 is 42.0. The van der Waals surface area contributed by atoms with E-state index in [1.807, 2.05) is 0 Å². The molecule has 0 heterocycles. The Hall–Kier alpha value is -2.30. The van der Waals surface area contributed by atoms with E-state index in [9.17, 15) is 23.3 Å². The van der Waals surface area contributed by atoms with Crippen molar-refractivity contribution >= 4 is 5.69 Å². The predicted molar refractivity (Wildman–Crippen MR) is 53.8 cm³/mol. The number of nitriles is 1. The van der Waals surface area contributed by atoms with Crippen LogP contribution in [0.25, 0.3) is 0 Å². The first-order valence-corrected chi connectivity index (χ1v) is 4.67. The predicted octanol–water partition coefficient (Wildman–Crippen LogP) is 2.90. The Bertz CT molecular complexity index is 508. The molecule has 0 bridgehead atoms. The zero-order valence-corrected chi connectivity index (χ0v) is 9.06. The number of hydrogen-bond acceptors (Lipinski definition) is 4. The van der Waals surface area contributed by atoms with Crippen LogP contribution in [0, 0.1) is 21.4 Å². The number of hydrogen-bond donors (Lipinski definition) is 0. The normalized spacial score (nSPS) is 12.6. The van der Waals surface area contributed by atoms with Crippen LogP contribution in [0.1, 0.15) is 12.5 Å². The molecule has 0 fully saturated rings. The fourth-order valence-electron chi connectivity index (χ4n) is 1.15. The fraction of sp³-hybridized carbons (Fsp3) is 0.300. The van der Waals surface area contributed by atoms with Crippen molar-refractivity contribution in [2.45, 2.75) is 19.2 Å². The van der Waals surface area contributed by atoms with Crippen molar-refractivity contribution < 1.29 is 22.8 Å². The summed E-state index contributed by atoms with van der Waals surface area (Å²) >= 11 is 0. The average molecular weight is 260 g/mol. The Labute approximate surface area is 99.5 Å². The van der Waals surface area contributed by atoms with Gasteiger partial charge >= 0.3 is 11.9 Å². The summed E-state index contributed by atoms with van der Waals surface area (Å²) in [5.41, 5.74) is -1.97. The molecule has 1 aromatic carbocycles. The van der Waals surface area contributed by atoms with E-state index < -0.39 is 28.5 Å². The number of rotatable bonds is 3. The minimum absolute atomic E-state index is 0.373. The van der Waals surface area contributed by atoms with Crippen LogP contribution in [0.4, 0.5) is 18.9 Å². The smallest absolute Gasteiger partial charge is 0.416 e. The van der Waals surface area contributed by atoms with E-state index >= 15 is 0 Å². The molecule has 0 spiro atoms. The van der Waals surface area contributed by atoms with E-state index in [0.29, 0.717) is 12.1 Å². The topological polar surface area (TPSA) is 76.2 Å². The Morgan fingerprint density at radius 2 is 2.11 bits per heavy atom. The quantitative estimate of drug-likeness (QED) is 0.618. The van der Waals surface area contributed by atoms with Crippen molar-refractivity contribution in [1.29, 1.82) is 5.26 Å². The molecule has 8 heteroatoms. The first-order valence-electron chi connectivity index (χ1n) is 4.67. The Balaban J connectivity index is 3.22. The number of halogens is 3. The molecule has 0 aliphatic rings. The second kappa shape index (κ2) is 4.91. The van der Waals surface area contributed by atoms with Gasteiger partial charge in [-0.1, -0.05) is 0 Å². The van der Waals surface area contributed by atoms with Gasteiger partial charge in [-0.05, 0) is 19.1 Å². The van der Waals surface area contributed by atoms with Gasteiger partial charge in [0, 0.05) is 6.07 Å². The number of benzene rings is 1. The van der Waals surface area contributed by atoms with Crippen LogP contribution in [0.2, 0.25) is 0 Å². The van der Waals surface area contributed by atoms with Crippen molar-refractivity contribution in [2.24, 2.45) is 0 Å². The highest BCUT2D eigenvalue weighted by Gasteiger charge is 2.33. The van der Waals surface area contributed by atoms with Crippen LogP contribution < -0.4 is 4.74 Å². The van der Waals surface area contributed by atoms with Crippen molar-refractivity contribution in [3.05, 3.63) is 33.9 Å². The number of nitrogens with zero attached hydrogens (tertiary/aromatic N) is 2. The van der Waals surface area contributed by atoms with Crippen LogP contribution in [0.5, 0.6) is 5.75 Å². The highest BCUT2D eigenvalue weighted by molar-refractivity contribution is 5.49. The van der Waals surface area contributed by atoms with Crippen molar-refractivity contribution in [3.63, 3.8) is 0 Å². The molecule has 5 nitrogen and oxygen atoms in total. The Morgan fingerprint density at radius 3 is 2.56 bits per heavy atom. The first-order chi connectivity index (χ1) is 8.25. The van der Waals surface area contributed by atoms with Crippen LogP contribution in [-0.2, 0) is 6.18 Å². The van der Waals surface area contributed by atoms with Gasteiger partial charge in [0.05, 0.1) is 10.5 Å². The highest BCUT2D eigenvalue weighted by atomic mass is 19.4. The fourth-order valence-corrected chi connectivity index (χ4v) is 1.15. The van der Waals surface area contributed by atoms with Crippen molar-refractivity contribution in [1.82, 2.24) is 0 Å². The van der Waals surface area contributed by atoms with Gasteiger partial charge < -0.3 is 4.74 Å². The summed E-state index contributed by atoms with van der Waals surface area (Å²) in [7, 11) is 0. The first kappa shape index (κ1) is 13.8. The van der Waals surface area contributed by atoms with Gasteiger partial charge in [-0.15, -0.1) is 0 Å². The summed E-state index contributed by atoms with van der Waals surface area (Å²) in [6.45, 7) is 1.32. The third kappa shape index (κ3) is 3.10. The minimum Gasteiger partial charge on any atom is -0.469 e. The molecule has 0 aromatic heterocycles. The molecule has 0 aliphatic heterocycles. The summed E-state index contributed by atoms with van der Waals surface area (Å²) in [5.74, 6) is -0.373. The molecule has 1 rings (SSSR count). The van der Waals surface area contributed by atoms with Gasteiger partial charge in [0.2, 0.25) is 0 Å². The molecular formula is C10H7F3N2O3. The maximum atomic E-state index is 12.4. The Morgan fingerprint density at radius 1 is 1.50 bits per heavy atom. The largest absolute Gasteiger partial charge is 0.469 e. The molecule has 1 aromatic rings. The maximum absolute atomic E-state index is 12.4. The second-order valence-electron chi connectivity index (χ2n) is 3.33. The van der Waals surface area contributed by atoms with E-state index in [4.69, 9.17) is 10.00 Å². The zero-order valence-electron chi connectivity index (χ0n) is 9.06. The monoisotopic (exact) mass is 260 g/mol. The summed E-state index contributed by atoms with van der Waals surface area (Å²) in [6, 6.07) is 3.52. The molecular weight excluding hydrogens is 253 g/mol. The molecule has 0 radical (unpaired) electrons. The molecule has 96 valence electrons. The molecule has 0 aliphatic carbocycles. The summed E-state index contributed by atoms with van der Waals surface area (Å²) in [5, 5.41) is 19.1. The lowest BCUT2D eigenvalue weighted by Gasteiger charge is -2.10. The second-order valence-corrected chi connectivity index (χ2v) is 3.33. The van der Waals surface area contributed by atoms with Gasteiger partial charge in [0.1, 0.15) is 6.07 Å². The third-order valence-electron chi connectivity index (χ3n) is 1.97. The maximum Gasteiger partial charge on any atom is 0.416 e. The van der Waals surface area contributed by atoms with E-state index in [1.165, 1.54) is 6.92 Å². The summed E-state index contributed by atoms with van der Waals surface area (Å²) in [6.07, 6.45) is -5.68. The van der Waals surface area contributed by atoms with Crippen molar-refractivity contribution in [3.8, 4) is 11.8 Å². The SMILES string of the molecule is CC(C#N)Oc1ccc(C(F)(F)F)cc1[N+](=O)[O-]. The average Bonchev–Trinajstić information content (AvgIpc) is 2.27. The molecule has 0 saturated heterocycles. The molecule has 0 N–H and O–H groups in total. The van der Waals surface area contributed by atoms with Gasteiger partial charge in [0.15, 0.2) is 11.9 Å². The van der Waals surface area contributed by atoms with Crippen LogP contribution in [0.3, 0.4) is 0 Å². The molecule has 0 amide bonds. The molecule has 0 saturated carbocycles. The third-order valence-corrected chi connectivity index (χ3v) is 1.97. The van der Waals surface area contributed by atoms with Crippen LogP contribution in [-0.4, -0.2) is 11.0 Å². The van der Waals surface area contributed by atoms with Gasteiger partial charge in [-0.2, -0.15) is 18.4 Å². The minimum atomic E-state index is -4.68. The van der Waals surface area contributed by atoms with Crippen LogP contribution >= 0.6 is 0 Å². The van der Waals surface area contributed by atoms with Gasteiger partial charge in [-0.25, -0.2) is 0 Å². The van der Waals surface area contributed by atoms with Gasteiger partial charge in [-0.3, -0.25) is 10.1 Å². The zero-order chi connectivity index (χ0) is 13.9. The van der Waals surface area contributed by atoms with Crippen molar-refractivity contribution in [2.75, 3.05) is 0 Å². The Kier molecular flexibility index (Phi) is 3.76. The van der Waals surface area contributed by atoms with E-state index in [-0.39, 0.29) is 5.75 Å². The number of alkyl halides is 3. The highest BCUT2D eigenvalue weighted by Crippen LogP contribution is 2.36. The van der Waals surface area contributed by atoms with E-state index in [1.54, 1.807) is 6.07 Å². The van der Waals surface area contributed by atoms with Crippen LogP contribution in [0.15, 0.2) is 18.2 Å². The number of nitro benzene ring substituents is 1. The lowest BCUT2D eigenvalue weighted by molar-refractivity contribution is -0.386. The summed E-state index contributed by atoms with van der Waals surface area (Å²) in [4.78, 5) is 9.65. The molecule has 18 heavy (non-hydrogen) atoms. The van der Waals surface area contributed by atoms with Gasteiger partial charge in [0.25, 0.3) is 0 Å². The number of nitro groups is 1. The lowest BCUT2D eigenvalue weighted by atomic mass is 10.2. The van der Waals surface area contributed by atoms with E-state index in [0.717, 1.165) is 6.07 Å². The molecule has 1 unspecified atom stereocenters. The van der Waals surface area contributed by atoms with E-state index in [2.05, 4.69) is 0 Å². The lowest BCUT2D eigenvalue weighted by Crippen LogP contribution is -2.11. The molecule has 1 atom stereocenters. The standard InChI is InChI=1S/C10H7F3N2O3/c1-6(5-14)18-9-3-2-7(10(11,12)13)4-8(9)15(16)17/h2-4,6H,1H3.